The van der Waals surface area contributed by atoms with Crippen LogP contribution in [0, 0.1) is 5.41 Å². The molecule has 0 aliphatic carbocycles. The number of benzene rings is 3. The fraction of sp³-hybridized carbons (Fsp3) is 0.412. The molecule has 8 nitrogen and oxygen atoms in total. The van der Waals surface area contributed by atoms with Crippen molar-refractivity contribution >= 4 is 24.2 Å². The average Bonchev–Trinajstić information content (AvgIpc) is 3.33. The largest absolute Gasteiger partial charge is 0.497 e. The molecule has 2 aliphatic rings. The lowest BCUT2D eigenvalue weighted by atomic mass is 9.77. The Bertz CT molecular complexity index is 1360. The molecule has 0 saturated carbocycles. The van der Waals surface area contributed by atoms with Crippen molar-refractivity contribution in [1.29, 1.82) is 0 Å². The van der Waals surface area contributed by atoms with Crippen LogP contribution in [0.2, 0.25) is 0 Å². The number of carbonyl (C=O) groups excluding carboxylic acids is 2. The first kappa shape index (κ1) is 32.2. The van der Waals surface area contributed by atoms with Gasteiger partial charge in [0.25, 0.3) is 5.91 Å². The first-order chi connectivity index (χ1) is 20.4. The lowest BCUT2D eigenvalue weighted by molar-refractivity contribution is -0.138. The van der Waals surface area contributed by atoms with Crippen LogP contribution in [-0.2, 0) is 11.3 Å². The number of piperidine rings is 1. The number of rotatable bonds is 11. The van der Waals surface area contributed by atoms with Gasteiger partial charge in [-0.1, -0.05) is 42.5 Å². The number of likely N-dealkylation sites (tertiary alicyclic amines) is 2. The van der Waals surface area contributed by atoms with E-state index in [1.165, 1.54) is 0 Å². The minimum absolute atomic E-state index is 0. The topological polar surface area (TPSA) is 80.3 Å². The standard InChI is InChI=1S/C34H41N3O5.ClH/c1-40-28-12-9-25(10-13-28)24-37-22-18-34(33(37)39)16-20-36(21-17-34)19-15-29(26-7-5-4-6-8-26)35-32(38)27-11-14-30(41-2)31(23-27)42-3;/h4-14,23,29H,15-22,24H2,1-3H3,(H,35,38);1H. The number of nitrogens with zero attached hydrogens (tertiary/aromatic N) is 2. The molecule has 2 amide bonds. The lowest BCUT2D eigenvalue weighted by Crippen LogP contribution is -2.45. The first-order valence-corrected chi connectivity index (χ1v) is 14.7. The molecule has 2 fully saturated rings. The summed E-state index contributed by atoms with van der Waals surface area (Å²) in [4.78, 5) is 31.3. The van der Waals surface area contributed by atoms with E-state index >= 15 is 0 Å². The highest BCUT2D eigenvalue weighted by Gasteiger charge is 2.47. The van der Waals surface area contributed by atoms with E-state index < -0.39 is 0 Å². The van der Waals surface area contributed by atoms with E-state index in [9.17, 15) is 9.59 Å². The molecule has 1 atom stereocenters. The summed E-state index contributed by atoms with van der Waals surface area (Å²) in [6.07, 6.45) is 3.44. The van der Waals surface area contributed by atoms with Gasteiger partial charge in [-0.25, -0.2) is 0 Å². The molecule has 2 aliphatic heterocycles. The number of carbonyl (C=O) groups is 2. The second kappa shape index (κ2) is 14.6. The van der Waals surface area contributed by atoms with Crippen LogP contribution in [0.3, 0.4) is 0 Å². The van der Waals surface area contributed by atoms with Crippen LogP contribution in [0.5, 0.6) is 17.2 Å². The fourth-order valence-electron chi connectivity index (χ4n) is 6.20. The van der Waals surface area contributed by atoms with Crippen LogP contribution in [0.4, 0.5) is 0 Å². The smallest absolute Gasteiger partial charge is 0.251 e. The molecular weight excluding hydrogens is 566 g/mol. The molecule has 3 aromatic carbocycles. The second-order valence-electron chi connectivity index (χ2n) is 11.2. The highest BCUT2D eigenvalue weighted by Crippen LogP contribution is 2.42. The van der Waals surface area contributed by atoms with E-state index in [4.69, 9.17) is 14.2 Å². The van der Waals surface area contributed by atoms with Gasteiger partial charge >= 0.3 is 0 Å². The molecule has 0 radical (unpaired) electrons. The molecule has 2 saturated heterocycles. The Morgan fingerprint density at radius 3 is 2.19 bits per heavy atom. The van der Waals surface area contributed by atoms with E-state index in [-0.39, 0.29) is 29.8 Å². The van der Waals surface area contributed by atoms with E-state index in [0.717, 1.165) is 68.7 Å². The number of nitrogens with one attached hydrogen (secondary N) is 1. The van der Waals surface area contributed by atoms with Crippen molar-refractivity contribution in [3.63, 3.8) is 0 Å². The van der Waals surface area contributed by atoms with Crippen molar-refractivity contribution in [2.75, 3.05) is 47.5 Å². The Kier molecular flexibility index (Phi) is 10.9. The van der Waals surface area contributed by atoms with Gasteiger partial charge in [0, 0.05) is 25.2 Å². The Morgan fingerprint density at radius 1 is 0.860 bits per heavy atom. The molecule has 1 N–H and O–H groups in total. The molecule has 0 bridgehead atoms. The number of amides is 2. The minimum Gasteiger partial charge on any atom is -0.497 e. The Labute approximate surface area is 260 Å². The maximum atomic E-state index is 13.5. The predicted octanol–water partition coefficient (Wildman–Crippen LogP) is 5.51. The molecule has 43 heavy (non-hydrogen) atoms. The van der Waals surface area contributed by atoms with E-state index in [1.807, 2.05) is 47.4 Å². The van der Waals surface area contributed by atoms with Crippen LogP contribution >= 0.6 is 12.4 Å². The van der Waals surface area contributed by atoms with Crippen LogP contribution in [0.25, 0.3) is 0 Å². The van der Waals surface area contributed by atoms with Crippen LogP contribution < -0.4 is 19.5 Å². The maximum Gasteiger partial charge on any atom is 0.251 e. The van der Waals surface area contributed by atoms with Gasteiger partial charge in [-0.15, -0.1) is 12.4 Å². The molecule has 0 aromatic heterocycles. The third-order valence-corrected chi connectivity index (χ3v) is 8.83. The summed E-state index contributed by atoms with van der Waals surface area (Å²) in [7, 11) is 4.80. The summed E-state index contributed by atoms with van der Waals surface area (Å²) in [5, 5.41) is 3.24. The van der Waals surface area contributed by atoms with Gasteiger partial charge in [-0.2, -0.15) is 0 Å². The molecule has 230 valence electrons. The van der Waals surface area contributed by atoms with Gasteiger partial charge in [0.2, 0.25) is 5.91 Å². The monoisotopic (exact) mass is 607 g/mol. The van der Waals surface area contributed by atoms with Crippen LogP contribution in [0.1, 0.15) is 53.2 Å². The zero-order chi connectivity index (χ0) is 29.5. The van der Waals surface area contributed by atoms with Crippen molar-refractivity contribution in [3.05, 3.63) is 89.5 Å². The predicted molar refractivity (Wildman–Crippen MR) is 169 cm³/mol. The lowest BCUT2D eigenvalue weighted by Gasteiger charge is -2.38. The van der Waals surface area contributed by atoms with Crippen LogP contribution in [-0.4, -0.2) is 69.1 Å². The zero-order valence-corrected chi connectivity index (χ0v) is 26.0. The molecule has 1 spiro atoms. The SMILES string of the molecule is COc1ccc(CN2CCC3(CCN(CCC(NC(=O)c4ccc(OC)c(OC)c4)c4ccccc4)CC3)C2=O)cc1.Cl. The summed E-state index contributed by atoms with van der Waals surface area (Å²) in [6, 6.07) is 23.1. The summed E-state index contributed by atoms with van der Waals surface area (Å²) in [5.41, 5.74) is 2.47. The third-order valence-electron chi connectivity index (χ3n) is 8.83. The van der Waals surface area contributed by atoms with Gasteiger partial charge < -0.3 is 29.3 Å². The summed E-state index contributed by atoms with van der Waals surface area (Å²) in [5.74, 6) is 2.07. The Hall–Kier alpha value is -3.75. The second-order valence-corrected chi connectivity index (χ2v) is 11.2. The van der Waals surface area contributed by atoms with Gasteiger partial charge in [-0.05, 0) is 80.2 Å². The number of ether oxygens (including phenoxy) is 3. The van der Waals surface area contributed by atoms with Gasteiger partial charge in [0.1, 0.15) is 5.75 Å². The number of methoxy groups -OCH3 is 3. The van der Waals surface area contributed by atoms with Gasteiger partial charge in [0.05, 0.1) is 32.8 Å². The Balaban J connectivity index is 0.00000423. The molecule has 5 rings (SSSR count). The number of halogens is 1. The van der Waals surface area contributed by atoms with E-state index in [1.54, 1.807) is 39.5 Å². The summed E-state index contributed by atoms with van der Waals surface area (Å²) < 4.78 is 16.0. The van der Waals surface area contributed by atoms with Crippen LogP contribution in [0.15, 0.2) is 72.8 Å². The van der Waals surface area contributed by atoms with Crippen molar-refractivity contribution in [1.82, 2.24) is 15.1 Å². The molecular formula is C34H42ClN3O5. The van der Waals surface area contributed by atoms with E-state index in [0.29, 0.717) is 29.5 Å². The Morgan fingerprint density at radius 2 is 1.53 bits per heavy atom. The average molecular weight is 608 g/mol. The third kappa shape index (κ3) is 7.43. The fourth-order valence-corrected chi connectivity index (χ4v) is 6.20. The van der Waals surface area contributed by atoms with Crippen molar-refractivity contribution < 1.29 is 23.8 Å². The molecule has 2 heterocycles. The molecule has 9 heteroatoms. The van der Waals surface area contributed by atoms with Gasteiger partial charge in [0.15, 0.2) is 11.5 Å². The minimum atomic E-state index is -0.247. The normalized spacial score (nSPS) is 16.8. The summed E-state index contributed by atoms with van der Waals surface area (Å²) >= 11 is 0. The summed E-state index contributed by atoms with van der Waals surface area (Å²) in [6.45, 7) is 4.06. The van der Waals surface area contributed by atoms with Crippen molar-refractivity contribution in [2.24, 2.45) is 5.41 Å². The molecule has 3 aromatic rings. The quantitative estimate of drug-likeness (QED) is 0.310. The zero-order valence-electron chi connectivity index (χ0n) is 25.2. The van der Waals surface area contributed by atoms with Crippen molar-refractivity contribution in [2.45, 2.75) is 38.3 Å². The van der Waals surface area contributed by atoms with E-state index in [2.05, 4.69) is 22.3 Å². The maximum absolute atomic E-state index is 13.5. The highest BCUT2D eigenvalue weighted by atomic mass is 35.5. The number of hydrogen-bond donors (Lipinski definition) is 1. The first-order valence-electron chi connectivity index (χ1n) is 14.7. The van der Waals surface area contributed by atoms with Crippen molar-refractivity contribution in [3.8, 4) is 17.2 Å². The molecule has 1 unspecified atom stereocenters. The van der Waals surface area contributed by atoms with Gasteiger partial charge in [-0.3, -0.25) is 9.59 Å². The highest BCUT2D eigenvalue weighted by molar-refractivity contribution is 5.95. The number of hydrogen-bond acceptors (Lipinski definition) is 6.